The molecule has 36 heavy (non-hydrogen) atoms. The monoisotopic (exact) mass is 612 g/mol. The van der Waals surface area contributed by atoms with E-state index in [2.05, 4.69) is 47.3 Å². The van der Waals surface area contributed by atoms with Crippen LogP contribution in [0.5, 0.6) is 11.5 Å². The van der Waals surface area contributed by atoms with Crippen LogP contribution >= 0.6 is 31.9 Å². The Morgan fingerprint density at radius 1 is 1.08 bits per heavy atom. The normalized spacial score (nSPS) is 11.1. The average Bonchev–Trinajstić information content (AvgIpc) is 2.84. The van der Waals surface area contributed by atoms with Crippen LogP contribution < -0.4 is 20.3 Å². The Balaban J connectivity index is 1.63. The molecule has 184 valence electrons. The van der Waals surface area contributed by atoms with E-state index >= 15 is 0 Å². The highest BCUT2D eigenvalue weighted by molar-refractivity contribution is 9.10. The SMILES string of the molecule is COc1cc(Br)cc(C=Nn2c(C)nc3ccc(Br)cc3c2=O)c1OCC(=O)Nc1ccc(C)cc1. The molecule has 0 saturated carbocycles. The van der Waals surface area contributed by atoms with Crippen molar-refractivity contribution < 1.29 is 14.3 Å². The summed E-state index contributed by atoms with van der Waals surface area (Å²) in [6.07, 6.45) is 1.47. The molecule has 0 fully saturated rings. The van der Waals surface area contributed by atoms with Gasteiger partial charge >= 0.3 is 0 Å². The van der Waals surface area contributed by atoms with Gasteiger partial charge in [0.1, 0.15) is 5.82 Å². The summed E-state index contributed by atoms with van der Waals surface area (Å²) in [5.41, 5.74) is 2.54. The van der Waals surface area contributed by atoms with Crippen molar-refractivity contribution in [1.29, 1.82) is 0 Å². The molecule has 0 unspecified atom stereocenters. The van der Waals surface area contributed by atoms with Crippen LogP contribution in [0.15, 0.2) is 73.4 Å². The molecule has 0 saturated heterocycles. The van der Waals surface area contributed by atoms with Gasteiger partial charge in [0.25, 0.3) is 11.5 Å². The van der Waals surface area contributed by atoms with Crippen LogP contribution in [0.25, 0.3) is 10.9 Å². The Labute approximate surface area is 224 Å². The van der Waals surface area contributed by atoms with Gasteiger partial charge in [-0.25, -0.2) is 4.98 Å². The molecular formula is C26H22Br2N4O4. The molecule has 0 bridgehead atoms. The van der Waals surface area contributed by atoms with Crippen LogP contribution in [0.4, 0.5) is 5.69 Å². The quantitative estimate of drug-likeness (QED) is 0.280. The van der Waals surface area contributed by atoms with E-state index in [1.807, 2.05) is 37.3 Å². The van der Waals surface area contributed by atoms with Crippen molar-refractivity contribution in [3.63, 3.8) is 0 Å². The second kappa shape index (κ2) is 11.0. The van der Waals surface area contributed by atoms with Crippen molar-refractivity contribution in [2.75, 3.05) is 19.0 Å². The van der Waals surface area contributed by atoms with E-state index in [1.54, 1.807) is 31.2 Å². The highest BCUT2D eigenvalue weighted by Gasteiger charge is 2.15. The number of aryl methyl sites for hydroxylation is 2. The maximum absolute atomic E-state index is 13.1. The number of aromatic nitrogens is 2. The zero-order valence-corrected chi connectivity index (χ0v) is 22.9. The number of carbonyl (C=O) groups is 1. The third-order valence-corrected chi connectivity index (χ3v) is 6.18. The summed E-state index contributed by atoms with van der Waals surface area (Å²) in [4.78, 5) is 30.0. The van der Waals surface area contributed by atoms with Crippen molar-refractivity contribution in [3.05, 3.63) is 90.8 Å². The van der Waals surface area contributed by atoms with Gasteiger partial charge in [-0.1, -0.05) is 49.6 Å². The van der Waals surface area contributed by atoms with E-state index in [1.165, 1.54) is 18.0 Å². The van der Waals surface area contributed by atoms with Crippen LogP contribution in [0.1, 0.15) is 17.0 Å². The van der Waals surface area contributed by atoms with Gasteiger partial charge < -0.3 is 14.8 Å². The summed E-state index contributed by atoms with van der Waals surface area (Å²) in [6.45, 7) is 3.42. The minimum atomic E-state index is -0.330. The average molecular weight is 614 g/mol. The lowest BCUT2D eigenvalue weighted by Gasteiger charge is -2.14. The fraction of sp³-hybridized carbons (Fsp3) is 0.154. The molecule has 0 spiro atoms. The summed E-state index contributed by atoms with van der Waals surface area (Å²) in [7, 11) is 1.50. The Hall–Kier alpha value is -3.50. The molecule has 1 aromatic heterocycles. The lowest BCUT2D eigenvalue weighted by atomic mass is 10.2. The minimum Gasteiger partial charge on any atom is -0.493 e. The first-order valence-corrected chi connectivity index (χ1v) is 12.4. The smallest absolute Gasteiger partial charge is 0.282 e. The minimum absolute atomic E-state index is 0.253. The maximum atomic E-state index is 13.1. The van der Waals surface area contributed by atoms with Crippen LogP contribution in [0.2, 0.25) is 0 Å². The number of nitrogens with one attached hydrogen (secondary N) is 1. The summed E-state index contributed by atoms with van der Waals surface area (Å²) in [5, 5.41) is 7.61. The molecule has 4 aromatic rings. The molecule has 0 atom stereocenters. The highest BCUT2D eigenvalue weighted by atomic mass is 79.9. The molecular weight excluding hydrogens is 592 g/mol. The predicted octanol–water partition coefficient (Wildman–Crippen LogP) is 5.45. The van der Waals surface area contributed by atoms with Gasteiger partial charge in [0.2, 0.25) is 0 Å². The summed E-state index contributed by atoms with van der Waals surface area (Å²) >= 11 is 6.84. The molecule has 1 heterocycles. The van der Waals surface area contributed by atoms with Gasteiger partial charge in [0.05, 0.1) is 24.2 Å². The van der Waals surface area contributed by atoms with Gasteiger partial charge in [0.15, 0.2) is 18.1 Å². The number of nitrogens with zero attached hydrogens (tertiary/aromatic N) is 3. The molecule has 4 rings (SSSR count). The van der Waals surface area contributed by atoms with Crippen molar-refractivity contribution in [2.45, 2.75) is 13.8 Å². The first-order chi connectivity index (χ1) is 17.2. The number of fused-ring (bicyclic) bond motifs is 1. The molecule has 0 radical (unpaired) electrons. The van der Waals surface area contributed by atoms with Crippen LogP contribution in [0.3, 0.4) is 0 Å². The number of rotatable bonds is 7. The van der Waals surface area contributed by atoms with E-state index in [9.17, 15) is 9.59 Å². The van der Waals surface area contributed by atoms with Crippen molar-refractivity contribution >= 4 is 60.6 Å². The van der Waals surface area contributed by atoms with Crippen LogP contribution in [-0.4, -0.2) is 35.5 Å². The third kappa shape index (κ3) is 5.83. The number of methoxy groups -OCH3 is 1. The number of hydrogen-bond donors (Lipinski definition) is 1. The predicted molar refractivity (Wildman–Crippen MR) is 147 cm³/mol. The molecule has 0 aliphatic rings. The van der Waals surface area contributed by atoms with Gasteiger partial charge in [-0.05, 0) is 56.3 Å². The number of halogens is 2. The zero-order valence-electron chi connectivity index (χ0n) is 19.7. The first-order valence-electron chi connectivity index (χ1n) is 10.9. The maximum Gasteiger partial charge on any atom is 0.282 e. The Bertz CT molecular complexity index is 1530. The standard InChI is InChI=1S/C26H22Br2N4O4/c1-15-4-7-20(8-5-15)31-24(33)14-36-25-17(10-19(28)12-23(25)35-3)13-29-32-16(2)30-22-9-6-18(27)11-21(22)26(32)34/h4-13H,14H2,1-3H3,(H,31,33). The number of ether oxygens (including phenoxy) is 2. The highest BCUT2D eigenvalue weighted by Crippen LogP contribution is 2.34. The Morgan fingerprint density at radius 2 is 1.83 bits per heavy atom. The van der Waals surface area contributed by atoms with Crippen molar-refractivity contribution in [1.82, 2.24) is 9.66 Å². The molecule has 0 aliphatic heterocycles. The largest absolute Gasteiger partial charge is 0.493 e. The number of benzene rings is 3. The number of anilines is 1. The van der Waals surface area contributed by atoms with E-state index in [0.29, 0.717) is 43.9 Å². The lowest BCUT2D eigenvalue weighted by molar-refractivity contribution is -0.118. The summed E-state index contributed by atoms with van der Waals surface area (Å²) in [6, 6.07) is 16.2. The zero-order chi connectivity index (χ0) is 25.8. The van der Waals surface area contributed by atoms with E-state index in [4.69, 9.17) is 9.47 Å². The van der Waals surface area contributed by atoms with Gasteiger partial charge in [-0.15, -0.1) is 0 Å². The topological polar surface area (TPSA) is 94.8 Å². The van der Waals surface area contributed by atoms with Gasteiger partial charge in [-0.2, -0.15) is 9.78 Å². The van der Waals surface area contributed by atoms with Crippen molar-refractivity contribution in [2.24, 2.45) is 5.10 Å². The summed E-state index contributed by atoms with van der Waals surface area (Å²) in [5.74, 6) is 0.806. The van der Waals surface area contributed by atoms with Gasteiger partial charge in [-0.3, -0.25) is 9.59 Å². The molecule has 3 aromatic carbocycles. The third-order valence-electron chi connectivity index (χ3n) is 5.23. The van der Waals surface area contributed by atoms with Crippen LogP contribution in [-0.2, 0) is 4.79 Å². The fourth-order valence-corrected chi connectivity index (χ4v) is 4.29. The summed E-state index contributed by atoms with van der Waals surface area (Å²) < 4.78 is 14.0. The molecule has 0 aliphatic carbocycles. The number of amides is 1. The van der Waals surface area contributed by atoms with E-state index < -0.39 is 0 Å². The van der Waals surface area contributed by atoms with E-state index in [-0.39, 0.29) is 18.1 Å². The second-order valence-electron chi connectivity index (χ2n) is 7.91. The van der Waals surface area contributed by atoms with E-state index in [0.717, 1.165) is 10.0 Å². The fourth-order valence-electron chi connectivity index (χ4n) is 3.48. The molecule has 10 heteroatoms. The van der Waals surface area contributed by atoms with Gasteiger partial charge in [0, 0.05) is 20.2 Å². The number of carbonyl (C=O) groups excluding carboxylic acids is 1. The van der Waals surface area contributed by atoms with Crippen molar-refractivity contribution in [3.8, 4) is 11.5 Å². The molecule has 1 amide bonds. The molecule has 8 nitrogen and oxygen atoms in total. The molecule has 1 N–H and O–H groups in total. The number of hydrogen-bond acceptors (Lipinski definition) is 6. The second-order valence-corrected chi connectivity index (χ2v) is 9.74. The first kappa shape index (κ1) is 25.6. The lowest BCUT2D eigenvalue weighted by Crippen LogP contribution is -2.21. The Morgan fingerprint density at radius 3 is 2.56 bits per heavy atom. The Kier molecular flexibility index (Phi) is 7.85. The van der Waals surface area contributed by atoms with Crippen LogP contribution in [0, 0.1) is 13.8 Å².